The lowest BCUT2D eigenvalue weighted by Crippen LogP contribution is -2.61. The minimum Gasteiger partial charge on any atom is -0.481 e. The van der Waals surface area contributed by atoms with Crippen molar-refractivity contribution in [1.29, 1.82) is 0 Å². The molecule has 8 bridgehead atoms. The number of carbonyl (C=O) groups excluding carboxylic acids is 3. The zero-order valence-electron chi connectivity index (χ0n) is 34.4. The van der Waals surface area contributed by atoms with Gasteiger partial charge in [-0.05, 0) is 67.3 Å². The Balaban J connectivity index is 1.47. The fourth-order valence-electron chi connectivity index (χ4n) is 13.3. The molecule has 61 heavy (non-hydrogen) atoms. The van der Waals surface area contributed by atoms with Gasteiger partial charge in [0, 0.05) is 103 Å². The maximum atomic E-state index is 14.3. The highest BCUT2D eigenvalue weighted by molar-refractivity contribution is 5.98. The number of ketones is 1. The summed E-state index contributed by atoms with van der Waals surface area (Å²) in [4.78, 5) is 102. The molecule has 5 saturated heterocycles. The molecule has 0 aromatic rings. The summed E-state index contributed by atoms with van der Waals surface area (Å²) in [6.07, 6.45) is 1.27. The second-order valence-corrected chi connectivity index (χ2v) is 19.2. The van der Waals surface area contributed by atoms with Crippen LogP contribution >= 0.6 is 0 Å². The number of hydrogen-bond donors (Lipinski definition) is 11. The van der Waals surface area contributed by atoms with Crippen molar-refractivity contribution in [3.8, 4) is 0 Å². The van der Waals surface area contributed by atoms with Crippen LogP contribution in [0.5, 0.6) is 0 Å². The van der Waals surface area contributed by atoms with Crippen LogP contribution in [0.1, 0.15) is 104 Å². The number of fused-ring (bicyclic) bond motifs is 7. The van der Waals surface area contributed by atoms with E-state index < -0.39 is 124 Å². The molecule has 12 N–H and O–H groups in total. The average molecular weight is 855 g/mol. The number of amides is 2. The Bertz CT molecular complexity index is 1970. The number of primary amides is 1. The highest BCUT2D eigenvalue weighted by Gasteiger charge is 2.68. The molecule has 2 amide bonds. The van der Waals surface area contributed by atoms with Crippen LogP contribution in [0, 0.1) is 46.3 Å². The van der Waals surface area contributed by atoms with Gasteiger partial charge in [-0.15, -0.1) is 0 Å². The summed E-state index contributed by atoms with van der Waals surface area (Å²) in [5.74, 6) is -10.1. The fraction of sp³-hybridized carbons (Fsp3) is 0.714. The minimum atomic E-state index is -1.23. The van der Waals surface area contributed by atoms with Crippen LogP contribution in [-0.2, 0) is 38.4 Å². The molecule has 1 aliphatic carbocycles. The molecule has 14 unspecified atom stereocenters. The topological polar surface area (TPSA) is 324 Å². The third-order valence-corrected chi connectivity index (χ3v) is 15.8. The van der Waals surface area contributed by atoms with Crippen molar-refractivity contribution in [2.45, 2.75) is 140 Å². The molecule has 7 aliphatic rings. The normalized spacial score (nSPS) is 40.6. The van der Waals surface area contributed by atoms with E-state index in [9.17, 15) is 63.9 Å². The quantitative estimate of drug-likeness (QED) is 0.109. The molecule has 0 aromatic carbocycles. The van der Waals surface area contributed by atoms with Gasteiger partial charge in [-0.3, -0.25) is 43.7 Å². The fourth-order valence-corrected chi connectivity index (χ4v) is 13.3. The van der Waals surface area contributed by atoms with E-state index in [1.165, 1.54) is 0 Å². The molecule has 0 radical (unpaired) electrons. The van der Waals surface area contributed by atoms with Gasteiger partial charge in [-0.2, -0.15) is 0 Å². The molecule has 0 aromatic heterocycles. The SMILES string of the molecule is CC1(CC(N)=O)C2CC3NC4=C(C(=O)CCC4C3CC(=O)O)C3N/C(=C\C4NC5(CC(N2)C1CCC(=O)O)NC(=O)CC5(C)C4CCC(=O)O)C(CC(=O)O)C3CCC(=O)O. The minimum absolute atomic E-state index is 0.00327. The number of carboxylic acids is 5. The van der Waals surface area contributed by atoms with Crippen molar-refractivity contribution in [1.82, 2.24) is 26.6 Å². The first-order valence-corrected chi connectivity index (χ1v) is 21.4. The third kappa shape index (κ3) is 7.98. The highest BCUT2D eigenvalue weighted by atomic mass is 16.4. The lowest BCUT2D eigenvalue weighted by Gasteiger charge is -2.43. The molecular formula is C42H58N6O13. The van der Waals surface area contributed by atoms with Crippen LogP contribution in [0.25, 0.3) is 0 Å². The van der Waals surface area contributed by atoms with Gasteiger partial charge in [-0.25, -0.2) is 0 Å². The first-order valence-electron chi connectivity index (χ1n) is 21.4. The van der Waals surface area contributed by atoms with Gasteiger partial charge in [0.15, 0.2) is 5.78 Å². The Morgan fingerprint density at radius 2 is 1.44 bits per heavy atom. The number of aliphatic carboxylic acids is 5. The summed E-state index contributed by atoms with van der Waals surface area (Å²) in [7, 11) is 0. The number of carbonyl (C=O) groups is 8. The number of carboxylic acid groups (broad SMARTS) is 5. The molecule has 334 valence electrons. The molecular weight excluding hydrogens is 796 g/mol. The number of hydrogen-bond acceptors (Lipinski definition) is 12. The van der Waals surface area contributed by atoms with Crippen LogP contribution in [0.3, 0.4) is 0 Å². The Morgan fingerprint density at radius 1 is 0.803 bits per heavy atom. The monoisotopic (exact) mass is 854 g/mol. The number of Topliss-reactive ketones (excluding diaryl/α,β-unsaturated/α-hetero) is 1. The van der Waals surface area contributed by atoms with Crippen molar-refractivity contribution in [3.05, 3.63) is 23.0 Å². The lowest BCUT2D eigenvalue weighted by atomic mass is 9.63. The first kappa shape index (κ1) is 44.0. The van der Waals surface area contributed by atoms with E-state index in [0.29, 0.717) is 23.4 Å². The molecule has 6 aliphatic heterocycles. The van der Waals surface area contributed by atoms with Crippen LogP contribution < -0.4 is 32.3 Å². The van der Waals surface area contributed by atoms with Gasteiger partial charge in [0.25, 0.3) is 0 Å². The molecule has 19 nitrogen and oxygen atoms in total. The number of nitrogens with one attached hydrogen (secondary N) is 5. The number of allylic oxidation sites excluding steroid dienone is 2. The highest BCUT2D eigenvalue weighted by Crippen LogP contribution is 2.58. The predicted molar refractivity (Wildman–Crippen MR) is 212 cm³/mol. The van der Waals surface area contributed by atoms with Crippen molar-refractivity contribution in [2.24, 2.45) is 52.1 Å². The van der Waals surface area contributed by atoms with E-state index >= 15 is 0 Å². The second-order valence-electron chi connectivity index (χ2n) is 19.2. The van der Waals surface area contributed by atoms with Crippen molar-refractivity contribution >= 4 is 47.4 Å². The van der Waals surface area contributed by atoms with Crippen LogP contribution in [0.4, 0.5) is 0 Å². The number of rotatable bonds is 15. The standard InChI is InChI=1S/C42H58N6O13/c1-40(16-30(43)50)22(5-9-33(54)55)27-15-42-41(2,17-31(51)48-42)23(6-10-34(56)57)26(47-42)13-24-20(11-35(58)59)19(4-8-32(52)53)39(45-24)37-28(49)7-3-18-21(12-36(60)61)25(46-38(18)37)14-29(40)44-27/h13,18-23,25-27,29,39,44-47H,3-12,14-17H2,1-2H3,(H2,43,50)(H,48,51)(H,52,53)(H,54,55)(H,56,57)(H,58,59)(H,60,61)/b24-13-. The predicted octanol–water partition coefficient (Wildman–Crippen LogP) is 0.882. The maximum Gasteiger partial charge on any atom is 0.304 e. The van der Waals surface area contributed by atoms with E-state index in [-0.39, 0.29) is 88.7 Å². The number of nitrogens with two attached hydrogens (primary N) is 1. The smallest absolute Gasteiger partial charge is 0.304 e. The van der Waals surface area contributed by atoms with Crippen molar-refractivity contribution in [2.75, 3.05) is 0 Å². The van der Waals surface area contributed by atoms with Gasteiger partial charge in [0.1, 0.15) is 0 Å². The summed E-state index contributed by atoms with van der Waals surface area (Å²) in [6, 6.07) is -3.21. The maximum absolute atomic E-state index is 14.3. The Labute approximate surface area is 352 Å². The molecule has 7 rings (SSSR count). The van der Waals surface area contributed by atoms with Crippen LogP contribution in [-0.4, -0.2) is 109 Å². The molecule has 0 saturated carbocycles. The summed E-state index contributed by atoms with van der Waals surface area (Å²) >= 11 is 0. The first-order chi connectivity index (χ1) is 28.7. The molecule has 14 atom stereocenters. The van der Waals surface area contributed by atoms with E-state index in [4.69, 9.17) is 5.73 Å². The largest absolute Gasteiger partial charge is 0.481 e. The third-order valence-electron chi connectivity index (χ3n) is 15.8. The molecule has 19 heteroatoms. The zero-order valence-corrected chi connectivity index (χ0v) is 34.4. The van der Waals surface area contributed by atoms with E-state index in [0.717, 1.165) is 0 Å². The van der Waals surface area contributed by atoms with Crippen LogP contribution in [0.2, 0.25) is 0 Å². The van der Waals surface area contributed by atoms with Crippen LogP contribution in [0.15, 0.2) is 23.0 Å². The Hall–Kier alpha value is -5.04. The zero-order chi connectivity index (χ0) is 44.3. The summed E-state index contributed by atoms with van der Waals surface area (Å²) < 4.78 is 0. The lowest BCUT2D eigenvalue weighted by molar-refractivity contribution is -0.139. The molecule has 5 fully saturated rings. The van der Waals surface area contributed by atoms with Crippen molar-refractivity contribution in [3.63, 3.8) is 0 Å². The van der Waals surface area contributed by atoms with Crippen molar-refractivity contribution < 1.29 is 63.9 Å². The van der Waals surface area contributed by atoms with Gasteiger partial charge in [0.05, 0.1) is 24.5 Å². The van der Waals surface area contributed by atoms with Gasteiger partial charge >= 0.3 is 29.8 Å². The van der Waals surface area contributed by atoms with E-state index in [1.54, 1.807) is 0 Å². The summed E-state index contributed by atoms with van der Waals surface area (Å²) in [5.41, 5.74) is 4.08. The Kier molecular flexibility index (Phi) is 11.8. The van der Waals surface area contributed by atoms with E-state index in [1.807, 2.05) is 19.9 Å². The van der Waals surface area contributed by atoms with Gasteiger partial charge in [-0.1, -0.05) is 13.8 Å². The molecule has 1 spiro atoms. The summed E-state index contributed by atoms with van der Waals surface area (Å²) in [6.45, 7) is 3.78. The van der Waals surface area contributed by atoms with E-state index in [2.05, 4.69) is 26.6 Å². The molecule has 6 heterocycles. The second kappa shape index (κ2) is 16.3. The average Bonchev–Trinajstić information content (AvgIpc) is 3.83. The summed E-state index contributed by atoms with van der Waals surface area (Å²) in [5, 5.41) is 67.9. The van der Waals surface area contributed by atoms with Gasteiger partial charge in [0.2, 0.25) is 11.8 Å². The van der Waals surface area contributed by atoms with Gasteiger partial charge < -0.3 is 52.5 Å². The Morgan fingerprint density at radius 3 is 2.07 bits per heavy atom.